The van der Waals surface area contributed by atoms with Gasteiger partial charge >= 0.3 is 0 Å². The van der Waals surface area contributed by atoms with Crippen LogP contribution in [0.3, 0.4) is 0 Å². The Labute approximate surface area is 282 Å². The van der Waals surface area contributed by atoms with Crippen LogP contribution in [0.15, 0.2) is 121 Å². The van der Waals surface area contributed by atoms with E-state index >= 15 is 0 Å². The molecule has 3 aromatic carbocycles. The van der Waals surface area contributed by atoms with Gasteiger partial charge in [-0.15, -0.1) is 11.3 Å². The Hall–Kier alpha value is -6.12. The number of imidazole rings is 2. The molecule has 236 valence electrons. The first kappa shape index (κ1) is 30.5. The van der Waals surface area contributed by atoms with Crippen molar-refractivity contribution < 1.29 is 9.59 Å². The largest absolute Gasteiger partial charge is 0.321 e. The summed E-state index contributed by atoms with van der Waals surface area (Å²) in [5.74, 6) is 0.318. The molecule has 0 unspecified atom stereocenters. The van der Waals surface area contributed by atoms with Crippen molar-refractivity contribution in [3.05, 3.63) is 121 Å². The molecule has 0 aliphatic rings. The minimum Gasteiger partial charge on any atom is -0.321 e. The SMILES string of the molecule is O=C(Cn1cnc2ccccc21)Nc1nc(-c2ccccc2)ns1.O=C(Cn1cnc2ccccc21)Nc1nc(-c2ccccn2)cs1. The summed E-state index contributed by atoms with van der Waals surface area (Å²) >= 11 is 2.55. The highest BCUT2D eigenvalue weighted by Crippen LogP contribution is 2.24. The van der Waals surface area contributed by atoms with E-state index in [-0.39, 0.29) is 24.9 Å². The molecule has 8 aromatic rings. The van der Waals surface area contributed by atoms with E-state index in [0.29, 0.717) is 16.1 Å². The van der Waals surface area contributed by atoms with E-state index in [2.05, 4.69) is 39.9 Å². The minimum atomic E-state index is -0.158. The predicted octanol–water partition coefficient (Wildman–Crippen LogP) is 6.39. The first-order chi connectivity index (χ1) is 23.6. The number of carbonyl (C=O) groups is 2. The predicted molar refractivity (Wildman–Crippen MR) is 187 cm³/mol. The zero-order valence-electron chi connectivity index (χ0n) is 25.2. The molecule has 0 aliphatic heterocycles. The number of pyridine rings is 1. The number of hydrogen-bond acceptors (Lipinski definition) is 10. The van der Waals surface area contributed by atoms with Crippen LogP contribution in [0.25, 0.3) is 44.8 Å². The Bertz CT molecular complexity index is 2150. The third kappa shape index (κ3) is 7.14. The van der Waals surface area contributed by atoms with Crippen LogP contribution in [0, 0.1) is 0 Å². The molecule has 5 aromatic heterocycles. The number of rotatable bonds is 8. The van der Waals surface area contributed by atoms with Gasteiger partial charge in [-0.05, 0) is 36.4 Å². The van der Waals surface area contributed by atoms with Crippen molar-refractivity contribution in [2.24, 2.45) is 0 Å². The number of fused-ring (bicyclic) bond motifs is 2. The molecule has 14 heteroatoms. The van der Waals surface area contributed by atoms with Crippen LogP contribution in [-0.4, -0.2) is 50.2 Å². The molecule has 5 heterocycles. The smallest absolute Gasteiger partial charge is 0.246 e. The molecule has 2 N–H and O–H groups in total. The van der Waals surface area contributed by atoms with E-state index in [1.165, 1.54) is 22.9 Å². The molecule has 0 saturated carbocycles. The Kier molecular flexibility index (Phi) is 8.97. The van der Waals surface area contributed by atoms with E-state index in [9.17, 15) is 9.59 Å². The molecule has 0 bridgehead atoms. The van der Waals surface area contributed by atoms with Crippen LogP contribution < -0.4 is 10.6 Å². The van der Waals surface area contributed by atoms with E-state index in [4.69, 9.17) is 0 Å². The highest BCUT2D eigenvalue weighted by atomic mass is 32.1. The van der Waals surface area contributed by atoms with Crippen molar-refractivity contribution >= 4 is 67.0 Å². The summed E-state index contributed by atoms with van der Waals surface area (Å²) in [5, 5.41) is 8.55. The number of anilines is 2. The van der Waals surface area contributed by atoms with Crippen LogP contribution >= 0.6 is 22.9 Å². The minimum absolute atomic E-state index is 0.139. The lowest BCUT2D eigenvalue weighted by Crippen LogP contribution is -2.18. The van der Waals surface area contributed by atoms with Gasteiger partial charge in [0.2, 0.25) is 16.9 Å². The highest BCUT2D eigenvalue weighted by Gasteiger charge is 2.13. The highest BCUT2D eigenvalue weighted by molar-refractivity contribution is 7.14. The van der Waals surface area contributed by atoms with Crippen LogP contribution in [-0.2, 0) is 22.7 Å². The second-order valence-corrected chi connectivity index (χ2v) is 12.0. The van der Waals surface area contributed by atoms with Crippen molar-refractivity contribution in [2.75, 3.05) is 10.6 Å². The molecule has 0 atom stereocenters. The van der Waals surface area contributed by atoms with E-state index in [1.54, 1.807) is 18.9 Å². The van der Waals surface area contributed by atoms with Crippen molar-refractivity contribution in [1.82, 2.24) is 38.4 Å². The van der Waals surface area contributed by atoms with Crippen molar-refractivity contribution in [3.63, 3.8) is 0 Å². The van der Waals surface area contributed by atoms with Crippen LogP contribution in [0.5, 0.6) is 0 Å². The summed E-state index contributed by atoms with van der Waals surface area (Å²) in [6.07, 6.45) is 5.06. The van der Waals surface area contributed by atoms with Gasteiger partial charge in [0.1, 0.15) is 18.8 Å². The zero-order chi connectivity index (χ0) is 32.7. The lowest BCUT2D eigenvalue weighted by atomic mass is 10.2. The fourth-order valence-corrected chi connectivity index (χ4v) is 6.17. The lowest BCUT2D eigenvalue weighted by molar-refractivity contribution is -0.117. The van der Waals surface area contributed by atoms with Crippen molar-refractivity contribution in [2.45, 2.75) is 13.1 Å². The first-order valence-electron chi connectivity index (χ1n) is 14.7. The normalized spacial score (nSPS) is 10.8. The first-order valence-corrected chi connectivity index (χ1v) is 16.4. The quantitative estimate of drug-likeness (QED) is 0.189. The zero-order valence-corrected chi connectivity index (χ0v) is 26.8. The number of para-hydroxylation sites is 4. The molecular weight excluding hydrogens is 645 g/mol. The van der Waals surface area contributed by atoms with Crippen molar-refractivity contribution in [3.8, 4) is 22.8 Å². The topological polar surface area (TPSA) is 145 Å². The molecule has 48 heavy (non-hydrogen) atoms. The van der Waals surface area contributed by atoms with Crippen LogP contribution in [0.1, 0.15) is 0 Å². The molecule has 0 saturated heterocycles. The third-order valence-electron chi connectivity index (χ3n) is 7.06. The Morgan fingerprint density at radius 3 is 1.88 bits per heavy atom. The van der Waals surface area contributed by atoms with Gasteiger partial charge in [0.05, 0.1) is 40.4 Å². The van der Waals surface area contributed by atoms with E-state index in [0.717, 1.165) is 39.0 Å². The monoisotopic (exact) mass is 670 g/mol. The average molecular weight is 671 g/mol. The Balaban J connectivity index is 0.000000152. The fraction of sp³-hybridized carbons (Fsp3) is 0.0588. The number of aromatic nitrogens is 8. The molecule has 0 spiro atoms. The molecule has 0 radical (unpaired) electrons. The number of benzene rings is 3. The summed E-state index contributed by atoms with van der Waals surface area (Å²) in [7, 11) is 0. The Morgan fingerprint density at radius 2 is 1.23 bits per heavy atom. The lowest BCUT2D eigenvalue weighted by Gasteiger charge is -2.04. The standard InChI is InChI=1S/2C17H13N5OS/c23-16(9-22-11-19-13-6-1-2-7-15(13)22)21-17-20-14(10-24-17)12-5-3-4-8-18-12;23-15(10-22-11-18-13-8-4-5-9-14(13)22)19-17-20-16(21-24-17)12-6-2-1-3-7-12/h1-8,10-11H,9H2,(H,20,21,23);1-9,11H,10H2,(H,19,20,21,23). The summed E-state index contributed by atoms with van der Waals surface area (Å²) in [6, 6.07) is 30.7. The van der Waals surface area contributed by atoms with Gasteiger partial charge < -0.3 is 14.5 Å². The van der Waals surface area contributed by atoms with Gasteiger partial charge in [0, 0.05) is 28.7 Å². The number of nitrogens with zero attached hydrogens (tertiary/aromatic N) is 8. The average Bonchev–Trinajstić information content (AvgIpc) is 3.94. The maximum absolute atomic E-state index is 12.3. The fourth-order valence-electron chi connectivity index (χ4n) is 4.84. The van der Waals surface area contributed by atoms with Gasteiger partial charge in [-0.2, -0.15) is 9.36 Å². The molecule has 0 aliphatic carbocycles. The maximum atomic E-state index is 12.3. The van der Waals surface area contributed by atoms with Gasteiger partial charge in [-0.25, -0.2) is 15.0 Å². The summed E-state index contributed by atoms with van der Waals surface area (Å²) in [4.78, 5) is 46.1. The van der Waals surface area contributed by atoms with Gasteiger partial charge in [-0.3, -0.25) is 19.9 Å². The van der Waals surface area contributed by atoms with Crippen LogP contribution in [0.4, 0.5) is 10.3 Å². The number of carbonyl (C=O) groups excluding carboxylic acids is 2. The summed E-state index contributed by atoms with van der Waals surface area (Å²) in [5.41, 5.74) is 6.06. The van der Waals surface area contributed by atoms with Crippen molar-refractivity contribution in [1.29, 1.82) is 0 Å². The number of hydrogen-bond donors (Lipinski definition) is 2. The molecule has 12 nitrogen and oxygen atoms in total. The number of nitrogens with one attached hydrogen (secondary N) is 2. The summed E-state index contributed by atoms with van der Waals surface area (Å²) < 4.78 is 7.91. The van der Waals surface area contributed by atoms with Crippen LogP contribution in [0.2, 0.25) is 0 Å². The summed E-state index contributed by atoms with van der Waals surface area (Å²) in [6.45, 7) is 0.375. The Morgan fingerprint density at radius 1 is 0.625 bits per heavy atom. The van der Waals surface area contributed by atoms with Gasteiger partial charge in [-0.1, -0.05) is 60.7 Å². The third-order valence-corrected chi connectivity index (χ3v) is 8.45. The second kappa shape index (κ2) is 14.1. The van der Waals surface area contributed by atoms with Gasteiger partial charge in [0.15, 0.2) is 11.0 Å². The maximum Gasteiger partial charge on any atom is 0.246 e. The second-order valence-electron chi connectivity index (χ2n) is 10.4. The molecule has 2 amide bonds. The van der Waals surface area contributed by atoms with E-state index in [1.807, 2.05) is 112 Å². The number of thiazole rings is 1. The number of amides is 2. The van der Waals surface area contributed by atoms with E-state index < -0.39 is 0 Å². The molecule has 0 fully saturated rings. The molecule has 8 rings (SSSR count). The molecular formula is C34H26N10O2S2. The van der Waals surface area contributed by atoms with Gasteiger partial charge in [0.25, 0.3) is 0 Å².